The van der Waals surface area contributed by atoms with Crippen LogP contribution in [0.1, 0.15) is 18.6 Å². The van der Waals surface area contributed by atoms with Gasteiger partial charge in [0, 0.05) is 0 Å². The van der Waals surface area contributed by atoms with Crippen molar-refractivity contribution in [1.29, 1.82) is 0 Å². The zero-order valence-corrected chi connectivity index (χ0v) is 15.8. The van der Waals surface area contributed by atoms with Gasteiger partial charge in [-0.3, -0.25) is 0 Å². The van der Waals surface area contributed by atoms with E-state index in [4.69, 9.17) is 0 Å². The van der Waals surface area contributed by atoms with Crippen LogP contribution >= 0.6 is 0 Å². The molecule has 0 amide bonds. The second-order valence-corrected chi connectivity index (χ2v) is 7.36. The van der Waals surface area contributed by atoms with Crippen molar-refractivity contribution in [3.63, 3.8) is 0 Å². The molecule has 5 rings (SSSR count). The van der Waals surface area contributed by atoms with Gasteiger partial charge in [0.05, 0.1) is 0 Å². The minimum absolute atomic E-state index is 0. The Balaban J connectivity index is 0.00000205. The van der Waals surface area contributed by atoms with Crippen LogP contribution in [0.2, 0.25) is 0 Å². The Hall–Kier alpha value is -3.38. The summed E-state index contributed by atoms with van der Waals surface area (Å²) in [6.07, 6.45) is 2.12. The molecule has 0 spiro atoms. The Labute approximate surface area is 173 Å². The van der Waals surface area contributed by atoms with E-state index in [-0.39, 0.29) is 7.43 Å². The minimum atomic E-state index is 0. The highest BCUT2D eigenvalue weighted by Crippen LogP contribution is 2.29. The SMILES string of the molecule is C.c1ccc2c(CCc3ccc(-c4cccc5ccccc45)cc3)cccc2c1. The van der Waals surface area contributed by atoms with Crippen molar-refractivity contribution in [2.24, 2.45) is 0 Å². The first kappa shape index (κ1) is 19.0. The molecule has 0 saturated heterocycles. The van der Waals surface area contributed by atoms with E-state index in [1.165, 1.54) is 43.8 Å². The number of fused-ring (bicyclic) bond motifs is 2. The molecule has 0 aromatic heterocycles. The fourth-order valence-corrected chi connectivity index (χ4v) is 4.12. The summed E-state index contributed by atoms with van der Waals surface area (Å²) in [6.45, 7) is 0. The van der Waals surface area contributed by atoms with Crippen LogP contribution in [0, 0.1) is 0 Å². The zero-order chi connectivity index (χ0) is 18.8. The Morgan fingerprint density at radius 2 is 1.03 bits per heavy atom. The van der Waals surface area contributed by atoms with Crippen molar-refractivity contribution in [3.05, 3.63) is 120 Å². The molecule has 5 aromatic carbocycles. The fraction of sp³-hybridized carbons (Fsp3) is 0.103. The highest BCUT2D eigenvalue weighted by Gasteiger charge is 2.05. The first-order valence-electron chi connectivity index (χ1n) is 9.92. The average molecular weight is 375 g/mol. The lowest BCUT2D eigenvalue weighted by Crippen LogP contribution is -1.93. The van der Waals surface area contributed by atoms with E-state index in [2.05, 4.69) is 109 Å². The molecule has 0 unspecified atom stereocenters. The number of rotatable bonds is 4. The third-order valence-corrected chi connectivity index (χ3v) is 5.62. The van der Waals surface area contributed by atoms with Crippen LogP contribution in [0.5, 0.6) is 0 Å². The fourth-order valence-electron chi connectivity index (χ4n) is 4.12. The molecule has 0 saturated carbocycles. The van der Waals surface area contributed by atoms with Gasteiger partial charge in [-0.05, 0) is 56.6 Å². The van der Waals surface area contributed by atoms with Gasteiger partial charge < -0.3 is 0 Å². The van der Waals surface area contributed by atoms with E-state index < -0.39 is 0 Å². The number of benzene rings is 5. The molecule has 0 aliphatic rings. The molecule has 0 aliphatic carbocycles. The summed E-state index contributed by atoms with van der Waals surface area (Å²) >= 11 is 0. The van der Waals surface area contributed by atoms with Crippen molar-refractivity contribution in [2.75, 3.05) is 0 Å². The Morgan fingerprint density at radius 1 is 0.448 bits per heavy atom. The van der Waals surface area contributed by atoms with Gasteiger partial charge in [0.1, 0.15) is 0 Å². The molecule has 0 nitrogen and oxygen atoms in total. The third kappa shape index (κ3) is 3.79. The lowest BCUT2D eigenvalue weighted by atomic mass is 9.95. The van der Waals surface area contributed by atoms with Gasteiger partial charge in [0.2, 0.25) is 0 Å². The molecule has 0 aliphatic heterocycles. The molecule has 142 valence electrons. The Kier molecular flexibility index (Phi) is 5.44. The van der Waals surface area contributed by atoms with Crippen LogP contribution in [0.4, 0.5) is 0 Å². The first-order valence-corrected chi connectivity index (χ1v) is 9.92. The maximum atomic E-state index is 2.28. The second-order valence-electron chi connectivity index (χ2n) is 7.36. The van der Waals surface area contributed by atoms with Crippen molar-refractivity contribution < 1.29 is 0 Å². The number of hydrogen-bond donors (Lipinski definition) is 0. The third-order valence-electron chi connectivity index (χ3n) is 5.62. The molecule has 0 heteroatoms. The van der Waals surface area contributed by atoms with Crippen LogP contribution in [0.15, 0.2) is 109 Å². The van der Waals surface area contributed by atoms with Crippen molar-refractivity contribution in [3.8, 4) is 11.1 Å². The van der Waals surface area contributed by atoms with Gasteiger partial charge in [-0.1, -0.05) is 117 Å². The second kappa shape index (κ2) is 8.32. The van der Waals surface area contributed by atoms with Crippen LogP contribution in [-0.2, 0) is 12.8 Å². The standard InChI is InChI=1S/C28H22.CH4/c1-3-12-26-22(7-1)9-5-10-24(26)18-15-21-16-19-25(20-17-21)28-14-6-11-23-8-2-4-13-27(23)28;/h1-14,16-17,19-20H,15,18H2;1H4. The molecule has 0 radical (unpaired) electrons. The van der Waals surface area contributed by atoms with E-state index in [0.29, 0.717) is 0 Å². The minimum Gasteiger partial charge on any atom is -0.0776 e. The summed E-state index contributed by atoms with van der Waals surface area (Å²) in [4.78, 5) is 0. The predicted octanol–water partition coefficient (Wildman–Crippen LogP) is 8.08. The van der Waals surface area contributed by atoms with E-state index in [1.807, 2.05) is 0 Å². The number of hydrogen-bond acceptors (Lipinski definition) is 0. The predicted molar refractivity (Wildman–Crippen MR) is 127 cm³/mol. The summed E-state index contributed by atoms with van der Waals surface area (Å²) in [6, 6.07) is 39.5. The monoisotopic (exact) mass is 374 g/mol. The largest absolute Gasteiger partial charge is 0.0776 e. The molecular formula is C29H26. The van der Waals surface area contributed by atoms with Gasteiger partial charge in [-0.25, -0.2) is 0 Å². The molecule has 0 bridgehead atoms. The van der Waals surface area contributed by atoms with Crippen LogP contribution in [0.25, 0.3) is 32.7 Å². The summed E-state index contributed by atoms with van der Waals surface area (Å²) in [7, 11) is 0. The highest BCUT2D eigenvalue weighted by molar-refractivity contribution is 5.96. The lowest BCUT2D eigenvalue weighted by Gasteiger charge is -2.09. The summed E-state index contributed by atoms with van der Waals surface area (Å²) in [5.41, 5.74) is 5.40. The highest BCUT2D eigenvalue weighted by atomic mass is 14.1. The molecule has 0 fully saturated rings. The quantitative estimate of drug-likeness (QED) is 0.298. The summed E-state index contributed by atoms with van der Waals surface area (Å²) < 4.78 is 0. The molecule has 0 heterocycles. The van der Waals surface area contributed by atoms with Crippen molar-refractivity contribution >= 4 is 21.5 Å². The molecule has 5 aromatic rings. The van der Waals surface area contributed by atoms with Gasteiger partial charge in [-0.2, -0.15) is 0 Å². The molecular weight excluding hydrogens is 348 g/mol. The van der Waals surface area contributed by atoms with Crippen LogP contribution in [-0.4, -0.2) is 0 Å². The average Bonchev–Trinajstić information content (AvgIpc) is 2.78. The lowest BCUT2D eigenvalue weighted by molar-refractivity contribution is 0.969. The van der Waals surface area contributed by atoms with E-state index in [0.717, 1.165) is 12.8 Å². The van der Waals surface area contributed by atoms with Gasteiger partial charge in [-0.15, -0.1) is 0 Å². The Bertz CT molecular complexity index is 1240. The van der Waals surface area contributed by atoms with Gasteiger partial charge in [0.25, 0.3) is 0 Å². The smallest absolute Gasteiger partial charge is 0.0105 e. The molecule has 0 N–H and O–H groups in total. The Morgan fingerprint density at radius 3 is 1.79 bits per heavy atom. The number of aryl methyl sites for hydroxylation is 2. The summed E-state index contributed by atoms with van der Waals surface area (Å²) in [5, 5.41) is 5.30. The van der Waals surface area contributed by atoms with Crippen LogP contribution in [0.3, 0.4) is 0 Å². The van der Waals surface area contributed by atoms with E-state index >= 15 is 0 Å². The maximum absolute atomic E-state index is 2.28. The van der Waals surface area contributed by atoms with Crippen LogP contribution < -0.4 is 0 Å². The summed E-state index contributed by atoms with van der Waals surface area (Å²) in [5.74, 6) is 0. The zero-order valence-electron chi connectivity index (χ0n) is 15.8. The van der Waals surface area contributed by atoms with Crippen molar-refractivity contribution in [2.45, 2.75) is 20.3 Å². The van der Waals surface area contributed by atoms with Gasteiger partial charge >= 0.3 is 0 Å². The van der Waals surface area contributed by atoms with Gasteiger partial charge in [0.15, 0.2) is 0 Å². The normalized spacial score (nSPS) is 10.8. The maximum Gasteiger partial charge on any atom is -0.0105 e. The topological polar surface area (TPSA) is 0 Å². The first-order chi connectivity index (χ1) is 13.9. The van der Waals surface area contributed by atoms with E-state index in [1.54, 1.807) is 0 Å². The van der Waals surface area contributed by atoms with Crippen molar-refractivity contribution in [1.82, 2.24) is 0 Å². The molecule has 29 heavy (non-hydrogen) atoms. The molecule has 0 atom stereocenters. The van der Waals surface area contributed by atoms with E-state index in [9.17, 15) is 0 Å².